The van der Waals surface area contributed by atoms with Gasteiger partial charge in [-0.15, -0.1) is 11.3 Å². The normalized spacial score (nSPS) is 11.8. The number of hydrogen-bond donors (Lipinski definition) is 3. The number of pyridine rings is 1. The maximum atomic E-state index is 14.0. The third-order valence-electron chi connectivity index (χ3n) is 6.99. The first-order chi connectivity index (χ1) is 20.4. The van der Waals surface area contributed by atoms with E-state index in [2.05, 4.69) is 36.5 Å². The van der Waals surface area contributed by atoms with E-state index in [4.69, 9.17) is 9.47 Å². The van der Waals surface area contributed by atoms with Crippen molar-refractivity contribution in [1.82, 2.24) is 15.3 Å². The van der Waals surface area contributed by atoms with E-state index in [0.29, 0.717) is 41.3 Å². The molecular formula is C31H25BrN4O5S. The van der Waals surface area contributed by atoms with Gasteiger partial charge in [0.1, 0.15) is 18.1 Å². The molecule has 6 rings (SSSR count). The van der Waals surface area contributed by atoms with Crippen LogP contribution in [-0.4, -0.2) is 41.4 Å². The molecule has 4 heterocycles. The second kappa shape index (κ2) is 11.4. The maximum Gasteiger partial charge on any atom is 0.357 e. The van der Waals surface area contributed by atoms with Crippen LogP contribution in [0, 0.1) is 0 Å². The predicted octanol–water partition coefficient (Wildman–Crippen LogP) is 6.79. The first-order valence-corrected chi connectivity index (χ1v) is 14.9. The lowest BCUT2D eigenvalue weighted by molar-refractivity contribution is 0.0594. The number of ether oxygens (including phenoxy) is 2. The van der Waals surface area contributed by atoms with Crippen LogP contribution >= 0.6 is 27.3 Å². The number of methoxy groups -OCH3 is 1. The number of hydrogen-bond acceptors (Lipinski definition) is 7. The minimum atomic E-state index is -0.735. The summed E-state index contributed by atoms with van der Waals surface area (Å²) in [5.41, 5.74) is 4.36. The Kier molecular flexibility index (Phi) is 7.53. The molecule has 0 radical (unpaired) electrons. The number of nitrogens with zero attached hydrogens (tertiary/aromatic N) is 1. The molecule has 0 bridgehead atoms. The summed E-state index contributed by atoms with van der Waals surface area (Å²) in [6, 6.07) is 14.3. The smallest absolute Gasteiger partial charge is 0.357 e. The summed E-state index contributed by atoms with van der Waals surface area (Å²) in [7, 11) is 1.24. The van der Waals surface area contributed by atoms with E-state index < -0.39 is 17.8 Å². The van der Waals surface area contributed by atoms with Gasteiger partial charge in [0.25, 0.3) is 11.8 Å². The predicted molar refractivity (Wildman–Crippen MR) is 165 cm³/mol. The lowest BCUT2D eigenvalue weighted by Crippen LogP contribution is -2.26. The van der Waals surface area contributed by atoms with Gasteiger partial charge in [0.15, 0.2) is 5.69 Å². The van der Waals surface area contributed by atoms with Gasteiger partial charge in [-0.05, 0) is 76.3 Å². The van der Waals surface area contributed by atoms with Gasteiger partial charge in [-0.25, -0.2) is 9.78 Å². The lowest BCUT2D eigenvalue weighted by atomic mass is 9.92. The average Bonchev–Trinajstić information content (AvgIpc) is 3.70. The third kappa shape index (κ3) is 4.94. The minimum absolute atomic E-state index is 0.0692. The first kappa shape index (κ1) is 27.7. The SMILES string of the molecule is CCCNC(=O)c1ccc(-c2cc3c(cc2C(=O)Nc2ccc4[nH]ccc4c2Br)-c2sccc2CO3)c(C(=O)OC)n1. The van der Waals surface area contributed by atoms with Crippen molar-refractivity contribution in [2.45, 2.75) is 20.0 Å². The molecule has 212 valence electrons. The summed E-state index contributed by atoms with van der Waals surface area (Å²) >= 11 is 5.19. The van der Waals surface area contributed by atoms with Crippen molar-refractivity contribution < 1.29 is 23.9 Å². The van der Waals surface area contributed by atoms with Crippen LogP contribution in [0.4, 0.5) is 5.69 Å². The number of nitrogens with one attached hydrogen (secondary N) is 3. The molecule has 5 aromatic rings. The van der Waals surface area contributed by atoms with Crippen LogP contribution in [0.3, 0.4) is 0 Å². The van der Waals surface area contributed by atoms with Gasteiger partial charge in [-0.1, -0.05) is 6.92 Å². The standard InChI is InChI=1S/C31H25BrN4O5S/c1-3-10-34-30(38)24-5-4-17(27(35-24)31(39)40-2)19-14-25-21(28-16(15-41-25)9-12-42-28)13-20(19)29(37)36-23-7-6-22-18(26(23)32)8-11-33-22/h4-9,11-14,33H,3,10,15H2,1-2H3,(H,34,38)(H,36,37). The lowest BCUT2D eigenvalue weighted by Gasteiger charge is -2.22. The van der Waals surface area contributed by atoms with Gasteiger partial charge in [0, 0.05) is 56.3 Å². The Morgan fingerprint density at radius 2 is 1.93 bits per heavy atom. The zero-order valence-corrected chi connectivity index (χ0v) is 25.1. The zero-order chi connectivity index (χ0) is 29.4. The molecule has 0 unspecified atom stereocenters. The van der Waals surface area contributed by atoms with Crippen LogP contribution in [-0.2, 0) is 11.3 Å². The molecule has 0 fully saturated rings. The molecule has 3 aromatic heterocycles. The number of fused-ring (bicyclic) bond motifs is 4. The molecule has 9 nitrogen and oxygen atoms in total. The van der Waals surface area contributed by atoms with E-state index in [1.165, 1.54) is 13.2 Å². The number of halogens is 1. The molecular weight excluding hydrogens is 620 g/mol. The van der Waals surface area contributed by atoms with Gasteiger partial charge in [0.05, 0.1) is 17.3 Å². The highest BCUT2D eigenvalue weighted by atomic mass is 79.9. The second-order valence-electron chi connectivity index (χ2n) is 9.62. The quantitative estimate of drug-likeness (QED) is 0.168. The fraction of sp³-hybridized carbons (Fsp3) is 0.161. The number of aromatic nitrogens is 2. The summed E-state index contributed by atoms with van der Waals surface area (Å²) in [5, 5.41) is 8.70. The Balaban J connectivity index is 1.50. The van der Waals surface area contributed by atoms with E-state index >= 15 is 0 Å². The summed E-state index contributed by atoms with van der Waals surface area (Å²) in [6.45, 7) is 2.80. The van der Waals surface area contributed by atoms with Crippen LogP contribution in [0.15, 0.2) is 64.6 Å². The number of benzene rings is 2. The van der Waals surface area contributed by atoms with Gasteiger partial charge < -0.3 is 25.1 Å². The molecule has 42 heavy (non-hydrogen) atoms. The largest absolute Gasteiger partial charge is 0.488 e. The Morgan fingerprint density at radius 1 is 1.07 bits per heavy atom. The number of anilines is 1. The summed E-state index contributed by atoms with van der Waals surface area (Å²) in [5.74, 6) is -0.962. The molecule has 2 aromatic carbocycles. The van der Waals surface area contributed by atoms with Gasteiger partial charge in [-0.3, -0.25) is 9.59 Å². The number of amides is 2. The highest BCUT2D eigenvalue weighted by molar-refractivity contribution is 9.10. The van der Waals surface area contributed by atoms with Crippen LogP contribution in [0.25, 0.3) is 32.5 Å². The number of carbonyl (C=O) groups is 3. The molecule has 0 saturated carbocycles. The van der Waals surface area contributed by atoms with E-state index in [9.17, 15) is 14.4 Å². The van der Waals surface area contributed by atoms with Gasteiger partial charge in [-0.2, -0.15) is 0 Å². The average molecular weight is 646 g/mol. The number of aromatic amines is 1. The van der Waals surface area contributed by atoms with Crippen molar-refractivity contribution in [2.75, 3.05) is 19.0 Å². The van der Waals surface area contributed by atoms with Gasteiger partial charge in [0.2, 0.25) is 0 Å². The fourth-order valence-electron chi connectivity index (χ4n) is 4.90. The number of esters is 1. The van der Waals surface area contributed by atoms with Crippen molar-refractivity contribution in [2.24, 2.45) is 0 Å². The summed E-state index contributed by atoms with van der Waals surface area (Å²) in [4.78, 5) is 48.2. The minimum Gasteiger partial charge on any atom is -0.488 e. The fourth-order valence-corrected chi connectivity index (χ4v) is 6.41. The highest BCUT2D eigenvalue weighted by Gasteiger charge is 2.28. The van der Waals surface area contributed by atoms with Crippen molar-refractivity contribution >= 4 is 61.6 Å². The Labute approximate surface area is 253 Å². The molecule has 1 aliphatic heterocycles. The van der Waals surface area contributed by atoms with Crippen LogP contribution < -0.4 is 15.4 Å². The molecule has 2 amide bonds. The molecule has 0 atom stereocenters. The van der Waals surface area contributed by atoms with Crippen molar-refractivity contribution in [3.8, 4) is 27.3 Å². The first-order valence-electron chi connectivity index (χ1n) is 13.2. The maximum absolute atomic E-state index is 14.0. The Bertz CT molecular complexity index is 1880. The molecule has 11 heteroatoms. The van der Waals surface area contributed by atoms with E-state index in [0.717, 1.165) is 37.8 Å². The number of thiophene rings is 1. The Morgan fingerprint density at radius 3 is 2.74 bits per heavy atom. The third-order valence-corrected chi connectivity index (χ3v) is 8.83. The number of carbonyl (C=O) groups excluding carboxylic acids is 3. The van der Waals surface area contributed by atoms with Gasteiger partial charge >= 0.3 is 5.97 Å². The molecule has 3 N–H and O–H groups in total. The van der Waals surface area contributed by atoms with Crippen LogP contribution in [0.5, 0.6) is 5.75 Å². The zero-order valence-electron chi connectivity index (χ0n) is 22.7. The topological polar surface area (TPSA) is 122 Å². The number of rotatable bonds is 7. The van der Waals surface area contributed by atoms with E-state index in [1.807, 2.05) is 42.8 Å². The summed E-state index contributed by atoms with van der Waals surface area (Å²) < 4.78 is 11.8. The monoisotopic (exact) mass is 644 g/mol. The second-order valence-corrected chi connectivity index (χ2v) is 11.3. The molecule has 0 spiro atoms. The molecule has 0 saturated heterocycles. The van der Waals surface area contributed by atoms with Crippen molar-refractivity contribution in [3.63, 3.8) is 0 Å². The summed E-state index contributed by atoms with van der Waals surface area (Å²) in [6.07, 6.45) is 2.58. The molecule has 1 aliphatic rings. The Hall–Kier alpha value is -4.48. The number of H-pyrrole nitrogens is 1. The van der Waals surface area contributed by atoms with E-state index in [-0.39, 0.29) is 11.4 Å². The van der Waals surface area contributed by atoms with Crippen LogP contribution in [0.1, 0.15) is 50.2 Å². The van der Waals surface area contributed by atoms with Crippen molar-refractivity contribution in [3.05, 3.63) is 87.1 Å². The highest BCUT2D eigenvalue weighted by Crippen LogP contribution is 2.45. The van der Waals surface area contributed by atoms with Crippen LogP contribution in [0.2, 0.25) is 0 Å². The van der Waals surface area contributed by atoms with Crippen molar-refractivity contribution in [1.29, 1.82) is 0 Å². The molecule has 0 aliphatic carbocycles. The van der Waals surface area contributed by atoms with E-state index in [1.54, 1.807) is 29.5 Å².